The Labute approximate surface area is 109 Å². The van der Waals surface area contributed by atoms with Crippen LogP contribution in [0.5, 0.6) is 0 Å². The van der Waals surface area contributed by atoms with Crippen LogP contribution < -0.4 is 5.32 Å². The van der Waals surface area contributed by atoms with Gasteiger partial charge in [-0.3, -0.25) is 0 Å². The summed E-state index contributed by atoms with van der Waals surface area (Å²) in [5.74, 6) is 0. The first-order valence-corrected chi connectivity index (χ1v) is 7.12. The minimum atomic E-state index is -5.33. The number of sulfone groups is 1. The molecule has 0 unspecified atom stereocenters. The van der Waals surface area contributed by atoms with Crippen LogP contribution in [0.1, 0.15) is 12.8 Å². The van der Waals surface area contributed by atoms with Gasteiger partial charge in [-0.15, -0.1) is 0 Å². The zero-order chi connectivity index (χ0) is 14.1. The third-order valence-corrected chi connectivity index (χ3v) is 4.39. The van der Waals surface area contributed by atoms with Crippen molar-refractivity contribution >= 4 is 15.5 Å². The standard InChI is InChI=1S/C12H12F3NO2S/c13-12(14,15)19(17,18)11-8-4-3-7-10(11)16-9-5-1-2-6-9/h1-4,7-9,16H,5-6H2. The summed E-state index contributed by atoms with van der Waals surface area (Å²) in [6.07, 6.45) is 5.14. The van der Waals surface area contributed by atoms with Gasteiger partial charge in [0.15, 0.2) is 0 Å². The van der Waals surface area contributed by atoms with Gasteiger partial charge in [-0.25, -0.2) is 8.42 Å². The van der Waals surface area contributed by atoms with E-state index in [9.17, 15) is 21.6 Å². The van der Waals surface area contributed by atoms with Gasteiger partial charge in [0, 0.05) is 6.04 Å². The lowest BCUT2D eigenvalue weighted by Crippen LogP contribution is -2.25. The van der Waals surface area contributed by atoms with Crippen molar-refractivity contribution in [2.45, 2.75) is 29.3 Å². The van der Waals surface area contributed by atoms with Crippen LogP contribution in [0.3, 0.4) is 0 Å². The maximum atomic E-state index is 12.6. The molecule has 0 saturated carbocycles. The zero-order valence-corrected chi connectivity index (χ0v) is 10.6. The highest BCUT2D eigenvalue weighted by molar-refractivity contribution is 7.92. The van der Waals surface area contributed by atoms with Crippen molar-refractivity contribution in [1.82, 2.24) is 0 Å². The third kappa shape index (κ3) is 2.75. The van der Waals surface area contributed by atoms with Gasteiger partial charge in [-0.05, 0) is 25.0 Å². The molecule has 0 amide bonds. The van der Waals surface area contributed by atoms with Crippen molar-refractivity contribution < 1.29 is 21.6 Å². The summed E-state index contributed by atoms with van der Waals surface area (Å²) < 4.78 is 60.7. The maximum Gasteiger partial charge on any atom is 0.501 e. The molecule has 0 bridgehead atoms. The van der Waals surface area contributed by atoms with Crippen LogP contribution >= 0.6 is 0 Å². The fourth-order valence-electron chi connectivity index (χ4n) is 1.90. The van der Waals surface area contributed by atoms with Gasteiger partial charge in [-0.2, -0.15) is 13.2 Å². The van der Waals surface area contributed by atoms with E-state index < -0.39 is 20.2 Å². The highest BCUT2D eigenvalue weighted by atomic mass is 32.2. The Balaban J connectivity index is 2.36. The average molecular weight is 291 g/mol. The van der Waals surface area contributed by atoms with E-state index in [4.69, 9.17) is 0 Å². The number of para-hydroxylation sites is 1. The van der Waals surface area contributed by atoms with E-state index in [2.05, 4.69) is 5.32 Å². The summed E-state index contributed by atoms with van der Waals surface area (Å²) in [7, 11) is -5.33. The number of halogens is 3. The SMILES string of the molecule is O=S(=O)(c1ccccc1NC1CC=CC1)C(F)(F)F. The van der Waals surface area contributed by atoms with Gasteiger partial charge < -0.3 is 5.32 Å². The summed E-state index contributed by atoms with van der Waals surface area (Å²) in [4.78, 5) is -0.727. The molecule has 0 atom stereocenters. The molecule has 0 heterocycles. The van der Waals surface area contributed by atoms with Gasteiger partial charge in [-0.1, -0.05) is 24.3 Å². The largest absolute Gasteiger partial charge is 0.501 e. The Morgan fingerprint density at radius 1 is 1.11 bits per heavy atom. The second-order valence-electron chi connectivity index (χ2n) is 4.23. The Hall–Kier alpha value is -1.50. The number of anilines is 1. The van der Waals surface area contributed by atoms with Crippen LogP contribution in [0.15, 0.2) is 41.3 Å². The highest BCUT2D eigenvalue weighted by Gasteiger charge is 2.48. The molecular formula is C12H12F3NO2S. The van der Waals surface area contributed by atoms with E-state index in [0.29, 0.717) is 12.8 Å². The van der Waals surface area contributed by atoms with Crippen molar-refractivity contribution in [3.63, 3.8) is 0 Å². The predicted molar refractivity (Wildman–Crippen MR) is 65.5 cm³/mol. The second-order valence-corrected chi connectivity index (χ2v) is 6.14. The molecule has 1 N–H and O–H groups in total. The van der Waals surface area contributed by atoms with Crippen molar-refractivity contribution in [3.8, 4) is 0 Å². The minimum Gasteiger partial charge on any atom is -0.381 e. The Morgan fingerprint density at radius 3 is 2.26 bits per heavy atom. The lowest BCUT2D eigenvalue weighted by atomic mass is 10.2. The monoisotopic (exact) mass is 291 g/mol. The Bertz CT molecular complexity index is 585. The summed E-state index contributed by atoms with van der Waals surface area (Å²) in [6, 6.07) is 5.02. The van der Waals surface area contributed by atoms with E-state index in [1.54, 1.807) is 0 Å². The molecule has 7 heteroatoms. The molecule has 104 valence electrons. The molecule has 0 radical (unpaired) electrons. The van der Waals surface area contributed by atoms with Crippen molar-refractivity contribution in [2.75, 3.05) is 5.32 Å². The normalized spacial score (nSPS) is 16.8. The van der Waals surface area contributed by atoms with Gasteiger partial charge >= 0.3 is 5.51 Å². The van der Waals surface area contributed by atoms with Crippen molar-refractivity contribution in [1.29, 1.82) is 0 Å². The minimum absolute atomic E-state index is 0.00600. The molecular weight excluding hydrogens is 279 g/mol. The fourth-order valence-corrected chi connectivity index (χ4v) is 2.82. The van der Waals surface area contributed by atoms with Gasteiger partial charge in [0.1, 0.15) is 0 Å². The van der Waals surface area contributed by atoms with E-state index in [0.717, 1.165) is 6.07 Å². The van der Waals surface area contributed by atoms with Crippen LogP contribution in [0.2, 0.25) is 0 Å². The zero-order valence-electron chi connectivity index (χ0n) is 9.81. The van der Waals surface area contributed by atoms with Crippen molar-refractivity contribution in [2.24, 2.45) is 0 Å². The Kier molecular flexibility index (Phi) is 3.58. The smallest absolute Gasteiger partial charge is 0.381 e. The van der Waals surface area contributed by atoms with Crippen molar-refractivity contribution in [3.05, 3.63) is 36.4 Å². The summed E-state index contributed by atoms with van der Waals surface area (Å²) in [6.45, 7) is 0. The maximum absolute atomic E-state index is 12.6. The van der Waals surface area contributed by atoms with Crippen LogP contribution in [0.25, 0.3) is 0 Å². The molecule has 0 aromatic heterocycles. The van der Waals surface area contributed by atoms with Gasteiger partial charge in [0.05, 0.1) is 10.6 Å². The van der Waals surface area contributed by atoms with E-state index in [1.807, 2.05) is 12.2 Å². The summed E-state index contributed by atoms with van der Waals surface area (Å²) in [5, 5.41) is 2.85. The molecule has 0 spiro atoms. The number of rotatable bonds is 3. The lowest BCUT2D eigenvalue weighted by Gasteiger charge is -2.18. The summed E-state index contributed by atoms with van der Waals surface area (Å²) >= 11 is 0. The first kappa shape index (κ1) is 13.9. The molecule has 1 aliphatic rings. The molecule has 2 rings (SSSR count). The van der Waals surface area contributed by atoms with E-state index in [-0.39, 0.29) is 11.7 Å². The average Bonchev–Trinajstić information content (AvgIpc) is 2.81. The summed E-state index contributed by atoms with van der Waals surface area (Å²) in [5.41, 5.74) is -5.30. The number of hydrogen-bond acceptors (Lipinski definition) is 3. The predicted octanol–water partition coefficient (Wildman–Crippen LogP) is 3.11. The van der Waals surface area contributed by atoms with E-state index >= 15 is 0 Å². The molecule has 19 heavy (non-hydrogen) atoms. The van der Waals surface area contributed by atoms with Crippen LogP contribution in [0.4, 0.5) is 18.9 Å². The number of benzene rings is 1. The van der Waals surface area contributed by atoms with Crippen LogP contribution in [0, 0.1) is 0 Å². The second kappa shape index (κ2) is 4.88. The van der Waals surface area contributed by atoms with Gasteiger partial charge in [0.25, 0.3) is 9.84 Å². The molecule has 1 aromatic carbocycles. The Morgan fingerprint density at radius 2 is 1.68 bits per heavy atom. The molecule has 3 nitrogen and oxygen atoms in total. The van der Waals surface area contributed by atoms with Gasteiger partial charge in [0.2, 0.25) is 0 Å². The lowest BCUT2D eigenvalue weighted by molar-refractivity contribution is -0.0435. The number of alkyl halides is 3. The molecule has 0 aliphatic heterocycles. The quantitative estimate of drug-likeness (QED) is 0.870. The van der Waals surface area contributed by atoms with Crippen LogP contribution in [-0.2, 0) is 9.84 Å². The fraction of sp³-hybridized carbons (Fsp3) is 0.333. The number of hydrogen-bond donors (Lipinski definition) is 1. The third-order valence-electron chi connectivity index (χ3n) is 2.85. The van der Waals surface area contributed by atoms with Crippen LogP contribution in [-0.4, -0.2) is 20.0 Å². The molecule has 0 saturated heterocycles. The number of nitrogens with one attached hydrogen (secondary N) is 1. The molecule has 0 fully saturated rings. The topological polar surface area (TPSA) is 46.2 Å². The molecule has 1 aromatic rings. The first-order valence-electron chi connectivity index (χ1n) is 5.64. The first-order chi connectivity index (χ1) is 8.82. The highest BCUT2D eigenvalue weighted by Crippen LogP contribution is 2.34. The van der Waals surface area contributed by atoms with E-state index in [1.165, 1.54) is 18.2 Å². The molecule has 1 aliphatic carbocycles.